The summed E-state index contributed by atoms with van der Waals surface area (Å²) in [6.45, 7) is 0.520. The molecule has 0 unspecified atom stereocenters. The minimum absolute atomic E-state index is 0.117. The summed E-state index contributed by atoms with van der Waals surface area (Å²) < 4.78 is 1.00. The third-order valence-corrected chi connectivity index (χ3v) is 4.97. The number of anilines is 1. The molecule has 0 amide bonds. The lowest BCUT2D eigenvalue weighted by Crippen LogP contribution is -2.18. The summed E-state index contributed by atoms with van der Waals surface area (Å²) in [4.78, 5) is 32.0. The second-order valence-corrected chi connectivity index (χ2v) is 7.46. The van der Waals surface area contributed by atoms with Crippen LogP contribution in [-0.4, -0.2) is 21.9 Å². The zero-order valence-electron chi connectivity index (χ0n) is 11.9. The van der Waals surface area contributed by atoms with Crippen LogP contribution in [0.2, 0.25) is 0 Å². The molecule has 0 aliphatic rings. The molecule has 0 fully saturated rings. The van der Waals surface area contributed by atoms with Crippen LogP contribution < -0.4 is 10.5 Å². The van der Waals surface area contributed by atoms with Crippen LogP contribution in [0.25, 0.3) is 10.9 Å². The third-order valence-electron chi connectivity index (χ3n) is 3.37. The number of nitrogens with one attached hydrogen (secondary N) is 1. The van der Waals surface area contributed by atoms with E-state index in [1.165, 1.54) is 12.4 Å². The first kappa shape index (κ1) is 15.6. The smallest absolute Gasteiger partial charge is 0.293 e. The van der Waals surface area contributed by atoms with Crippen LogP contribution in [0.4, 0.5) is 11.4 Å². The van der Waals surface area contributed by atoms with E-state index >= 15 is 0 Å². The molecule has 0 spiro atoms. The van der Waals surface area contributed by atoms with Crippen molar-refractivity contribution < 1.29 is 4.92 Å². The molecule has 0 radical (unpaired) electrons. The fourth-order valence-electron chi connectivity index (χ4n) is 2.30. The highest BCUT2D eigenvalue weighted by Gasteiger charge is 2.20. The lowest BCUT2D eigenvalue weighted by atomic mass is 10.1. The van der Waals surface area contributed by atoms with Gasteiger partial charge >= 0.3 is 0 Å². The maximum Gasteiger partial charge on any atom is 0.293 e. The van der Waals surface area contributed by atoms with Crippen molar-refractivity contribution in [3.05, 3.63) is 59.7 Å². The molecular formula is C14H11BrN4O3S. The summed E-state index contributed by atoms with van der Waals surface area (Å²) in [6.07, 6.45) is 1.29. The van der Waals surface area contributed by atoms with Crippen molar-refractivity contribution >= 4 is 49.5 Å². The first-order chi connectivity index (χ1) is 11.0. The lowest BCUT2D eigenvalue weighted by molar-refractivity contribution is -0.384. The molecule has 7 nitrogen and oxygen atoms in total. The largest absolute Gasteiger partial charge is 0.364 e. The highest BCUT2D eigenvalue weighted by atomic mass is 79.9. The van der Waals surface area contributed by atoms with E-state index in [0.29, 0.717) is 17.7 Å². The number of rotatable bonds is 4. The van der Waals surface area contributed by atoms with Gasteiger partial charge in [-0.05, 0) is 34.1 Å². The maximum atomic E-state index is 11.8. The number of nitro groups is 1. The predicted molar refractivity (Wildman–Crippen MR) is 93.1 cm³/mol. The van der Waals surface area contributed by atoms with E-state index in [9.17, 15) is 14.9 Å². The Hall–Kier alpha value is -2.26. The van der Waals surface area contributed by atoms with E-state index in [0.717, 1.165) is 8.66 Å². The Kier molecular flexibility index (Phi) is 4.14. The van der Waals surface area contributed by atoms with Crippen molar-refractivity contribution in [1.82, 2.24) is 9.97 Å². The second-order valence-electron chi connectivity index (χ2n) is 4.91. The van der Waals surface area contributed by atoms with Gasteiger partial charge in [0.15, 0.2) is 0 Å². The zero-order valence-corrected chi connectivity index (χ0v) is 14.3. The molecule has 2 heterocycles. The van der Waals surface area contributed by atoms with E-state index in [1.54, 1.807) is 29.4 Å². The quantitative estimate of drug-likeness (QED) is 0.541. The van der Waals surface area contributed by atoms with Crippen LogP contribution in [0.5, 0.6) is 0 Å². The minimum Gasteiger partial charge on any atom is -0.364 e. The number of fused-ring (bicyclic) bond motifs is 1. The van der Waals surface area contributed by atoms with Gasteiger partial charge in [0.05, 0.1) is 32.5 Å². The molecule has 0 atom stereocenters. The fourth-order valence-corrected chi connectivity index (χ4v) is 3.84. The van der Waals surface area contributed by atoms with E-state index in [1.807, 2.05) is 12.1 Å². The Morgan fingerprint density at radius 3 is 2.87 bits per heavy atom. The topological polar surface area (TPSA) is 92.1 Å². The molecule has 0 aliphatic carbocycles. The summed E-state index contributed by atoms with van der Waals surface area (Å²) in [7, 11) is 1.77. The fraction of sp³-hybridized carbons (Fsp3) is 0.143. The van der Waals surface area contributed by atoms with Crippen molar-refractivity contribution in [2.75, 3.05) is 11.9 Å². The van der Waals surface area contributed by atoms with E-state index in [-0.39, 0.29) is 11.1 Å². The molecule has 23 heavy (non-hydrogen) atoms. The van der Waals surface area contributed by atoms with Crippen molar-refractivity contribution in [2.24, 2.45) is 0 Å². The number of aromatic amines is 1. The molecule has 0 bridgehead atoms. The van der Waals surface area contributed by atoms with Crippen LogP contribution in [0, 0.1) is 10.1 Å². The van der Waals surface area contributed by atoms with Gasteiger partial charge in [-0.3, -0.25) is 14.9 Å². The number of benzene rings is 1. The first-order valence-electron chi connectivity index (χ1n) is 6.57. The summed E-state index contributed by atoms with van der Waals surface area (Å²) in [6, 6.07) is 6.74. The third kappa shape index (κ3) is 3.10. The summed E-state index contributed by atoms with van der Waals surface area (Å²) >= 11 is 4.97. The highest BCUT2D eigenvalue weighted by molar-refractivity contribution is 9.11. The van der Waals surface area contributed by atoms with Crippen LogP contribution >= 0.6 is 27.3 Å². The Balaban J connectivity index is 2.09. The molecule has 3 aromatic rings. The molecule has 3 rings (SSSR count). The molecule has 0 aliphatic heterocycles. The number of nitro benzene ring substituents is 1. The van der Waals surface area contributed by atoms with Gasteiger partial charge in [0.1, 0.15) is 5.69 Å². The number of hydrogen-bond donors (Lipinski definition) is 1. The number of thiophene rings is 1. The number of aromatic nitrogens is 2. The minimum atomic E-state index is -0.484. The monoisotopic (exact) mass is 394 g/mol. The lowest BCUT2D eigenvalue weighted by Gasteiger charge is -2.18. The summed E-state index contributed by atoms with van der Waals surface area (Å²) in [5, 5.41) is 11.6. The van der Waals surface area contributed by atoms with E-state index in [4.69, 9.17) is 0 Å². The first-order valence-corrected chi connectivity index (χ1v) is 8.18. The molecule has 9 heteroatoms. The van der Waals surface area contributed by atoms with Gasteiger partial charge in [-0.25, -0.2) is 4.98 Å². The average molecular weight is 395 g/mol. The maximum absolute atomic E-state index is 11.8. The van der Waals surface area contributed by atoms with Crippen molar-refractivity contribution in [3.8, 4) is 0 Å². The SMILES string of the molecule is CN(Cc1ccc(Br)s1)c1cc2nc[nH]c(=O)c2cc1[N+](=O)[O-]. The molecule has 2 aromatic heterocycles. The Morgan fingerprint density at radius 2 is 2.22 bits per heavy atom. The molecule has 0 saturated heterocycles. The van der Waals surface area contributed by atoms with Crippen LogP contribution in [-0.2, 0) is 6.54 Å². The number of hydrogen-bond acceptors (Lipinski definition) is 6. The second kappa shape index (κ2) is 6.09. The number of halogens is 1. The van der Waals surface area contributed by atoms with Crippen molar-refractivity contribution in [2.45, 2.75) is 6.54 Å². The molecular weight excluding hydrogens is 384 g/mol. The van der Waals surface area contributed by atoms with Gasteiger partial charge in [0.2, 0.25) is 0 Å². The molecule has 0 saturated carbocycles. The van der Waals surface area contributed by atoms with E-state index in [2.05, 4.69) is 25.9 Å². The van der Waals surface area contributed by atoms with Gasteiger partial charge in [-0.1, -0.05) is 0 Å². The van der Waals surface area contributed by atoms with Gasteiger partial charge in [0, 0.05) is 18.0 Å². The van der Waals surface area contributed by atoms with Crippen molar-refractivity contribution in [1.29, 1.82) is 0 Å². The Bertz CT molecular complexity index is 953. The zero-order chi connectivity index (χ0) is 16.6. The highest BCUT2D eigenvalue weighted by Crippen LogP contribution is 2.32. The van der Waals surface area contributed by atoms with Gasteiger partial charge < -0.3 is 9.88 Å². The molecule has 1 N–H and O–H groups in total. The predicted octanol–water partition coefficient (Wildman–Crippen LogP) is 3.29. The van der Waals surface area contributed by atoms with E-state index < -0.39 is 10.5 Å². The average Bonchev–Trinajstić information content (AvgIpc) is 2.91. The van der Waals surface area contributed by atoms with Crippen LogP contribution in [0.1, 0.15) is 4.88 Å². The summed E-state index contributed by atoms with van der Waals surface area (Å²) in [5.41, 5.74) is 0.335. The Labute approximate surface area is 142 Å². The normalized spacial score (nSPS) is 10.9. The van der Waals surface area contributed by atoms with Gasteiger partial charge in [-0.15, -0.1) is 11.3 Å². The molecule has 118 valence electrons. The number of H-pyrrole nitrogens is 1. The van der Waals surface area contributed by atoms with Crippen LogP contribution in [0.15, 0.2) is 39.2 Å². The standard InChI is InChI=1S/C14H11BrN4O3S/c1-18(6-8-2-3-13(15)23-8)11-5-10-9(4-12(11)19(21)22)14(20)17-7-16-10/h2-5,7H,6H2,1H3,(H,16,17,20). The van der Waals surface area contributed by atoms with Crippen LogP contribution in [0.3, 0.4) is 0 Å². The van der Waals surface area contributed by atoms with Gasteiger partial charge in [0.25, 0.3) is 11.2 Å². The number of nitrogens with zero attached hydrogens (tertiary/aromatic N) is 3. The van der Waals surface area contributed by atoms with Crippen molar-refractivity contribution in [3.63, 3.8) is 0 Å². The van der Waals surface area contributed by atoms with Gasteiger partial charge in [-0.2, -0.15) is 0 Å². The Morgan fingerprint density at radius 1 is 1.43 bits per heavy atom. The molecule has 1 aromatic carbocycles. The summed E-state index contributed by atoms with van der Waals surface area (Å²) in [5.74, 6) is 0.